The summed E-state index contributed by atoms with van der Waals surface area (Å²) in [5, 5.41) is 9.35. The van der Waals surface area contributed by atoms with Crippen molar-refractivity contribution in [2.45, 2.75) is 0 Å². The van der Waals surface area contributed by atoms with E-state index in [1.165, 1.54) is 43.4 Å². The first-order valence-corrected chi connectivity index (χ1v) is 16.4. The van der Waals surface area contributed by atoms with Crippen molar-refractivity contribution in [2.24, 2.45) is 0 Å². The molecule has 228 valence electrons. The number of hydrogen-bond acceptors (Lipinski definition) is 4. The Hall–Kier alpha value is -6.65. The van der Waals surface area contributed by atoms with Crippen LogP contribution in [0, 0.1) is 0 Å². The summed E-state index contributed by atoms with van der Waals surface area (Å²) in [4.78, 5) is 14.9. The third kappa shape index (κ3) is 4.49. The molecule has 2 heterocycles. The van der Waals surface area contributed by atoms with Crippen LogP contribution >= 0.6 is 0 Å². The molecule has 10 aromatic rings. The molecule has 10 rings (SSSR count). The van der Waals surface area contributed by atoms with Crippen molar-refractivity contribution >= 4 is 54.3 Å². The highest BCUT2D eigenvalue weighted by atomic mass is 16.3. The first kappa shape index (κ1) is 27.5. The van der Waals surface area contributed by atoms with Gasteiger partial charge in [0, 0.05) is 21.9 Å². The van der Waals surface area contributed by atoms with Crippen molar-refractivity contribution in [3.8, 4) is 45.3 Å². The fraction of sp³-hybridized carbons (Fsp3) is 0. The van der Waals surface area contributed by atoms with Gasteiger partial charge < -0.3 is 4.42 Å². The van der Waals surface area contributed by atoms with Gasteiger partial charge in [0.1, 0.15) is 11.2 Å². The van der Waals surface area contributed by atoms with Crippen molar-refractivity contribution < 1.29 is 4.42 Å². The molecule has 0 saturated carbocycles. The average molecular weight is 626 g/mol. The highest BCUT2D eigenvalue weighted by Gasteiger charge is 2.19. The molecule has 0 radical (unpaired) electrons. The summed E-state index contributed by atoms with van der Waals surface area (Å²) < 4.78 is 6.79. The Labute approximate surface area is 282 Å². The largest absolute Gasteiger partial charge is 0.455 e. The van der Waals surface area contributed by atoms with E-state index >= 15 is 0 Å². The third-order valence-electron chi connectivity index (χ3n) is 9.50. The van der Waals surface area contributed by atoms with E-state index in [-0.39, 0.29) is 0 Å². The molecule has 0 aliphatic heterocycles. The van der Waals surface area contributed by atoms with Crippen LogP contribution in [0.4, 0.5) is 0 Å². The normalized spacial score (nSPS) is 11.7. The van der Waals surface area contributed by atoms with E-state index in [0.29, 0.717) is 17.5 Å². The van der Waals surface area contributed by atoms with Crippen LogP contribution in [0.15, 0.2) is 168 Å². The lowest BCUT2D eigenvalue weighted by molar-refractivity contribution is 0.670. The number of fused-ring (bicyclic) bond motifs is 9. The molecule has 0 spiro atoms. The lowest BCUT2D eigenvalue weighted by atomic mass is 9.91. The third-order valence-corrected chi connectivity index (χ3v) is 9.50. The molecule has 49 heavy (non-hydrogen) atoms. The van der Waals surface area contributed by atoms with Gasteiger partial charge in [-0.25, -0.2) is 15.0 Å². The number of benzene rings is 8. The summed E-state index contributed by atoms with van der Waals surface area (Å²) in [5.41, 5.74) is 6.68. The van der Waals surface area contributed by atoms with Gasteiger partial charge in [-0.3, -0.25) is 0 Å². The predicted octanol–water partition coefficient (Wildman–Crippen LogP) is 11.9. The van der Waals surface area contributed by atoms with E-state index in [1.807, 2.05) is 66.7 Å². The maximum Gasteiger partial charge on any atom is 0.167 e. The quantitative estimate of drug-likeness (QED) is 0.183. The second-order valence-corrected chi connectivity index (χ2v) is 12.4. The van der Waals surface area contributed by atoms with E-state index in [2.05, 4.69) is 97.1 Å². The summed E-state index contributed by atoms with van der Waals surface area (Å²) >= 11 is 0. The van der Waals surface area contributed by atoms with E-state index in [9.17, 15) is 0 Å². The van der Waals surface area contributed by atoms with Crippen LogP contribution in [0.1, 0.15) is 0 Å². The topological polar surface area (TPSA) is 51.8 Å². The van der Waals surface area contributed by atoms with Crippen molar-refractivity contribution in [3.63, 3.8) is 0 Å². The zero-order chi connectivity index (χ0) is 32.3. The average Bonchev–Trinajstić information content (AvgIpc) is 3.56. The minimum Gasteiger partial charge on any atom is -0.455 e. The first-order valence-electron chi connectivity index (χ1n) is 16.4. The van der Waals surface area contributed by atoms with Crippen molar-refractivity contribution in [2.75, 3.05) is 0 Å². The number of aromatic nitrogens is 3. The van der Waals surface area contributed by atoms with Gasteiger partial charge in [0.2, 0.25) is 0 Å². The van der Waals surface area contributed by atoms with Crippen LogP contribution in [0.5, 0.6) is 0 Å². The molecule has 0 atom stereocenters. The van der Waals surface area contributed by atoms with E-state index in [4.69, 9.17) is 19.4 Å². The van der Waals surface area contributed by atoms with Crippen LogP contribution in [0.3, 0.4) is 0 Å². The van der Waals surface area contributed by atoms with Gasteiger partial charge in [-0.2, -0.15) is 0 Å². The van der Waals surface area contributed by atoms with Gasteiger partial charge >= 0.3 is 0 Å². The Bertz CT molecular complexity index is 2800. The molecular weight excluding hydrogens is 599 g/mol. The Morgan fingerprint density at radius 3 is 1.49 bits per heavy atom. The van der Waals surface area contributed by atoms with Gasteiger partial charge in [0.25, 0.3) is 0 Å². The molecule has 0 amide bonds. The van der Waals surface area contributed by atoms with E-state index in [0.717, 1.165) is 38.6 Å². The Balaban J connectivity index is 1.25. The van der Waals surface area contributed by atoms with E-state index < -0.39 is 0 Å². The number of nitrogens with zero attached hydrogens (tertiary/aromatic N) is 3. The molecule has 0 aliphatic rings. The first-order chi connectivity index (χ1) is 24.3. The standard InChI is InChI=1S/C45H27N3O/c1-4-13-28(14-5-1)31-23-24-34-32-19-10-11-20-33(32)39-27-41-40(26-38(39)37(34)25-31)35-21-12-22-36(42(35)49-41)45-47-43(29-15-6-2-7-16-29)46-44(48-45)30-17-8-3-9-18-30/h1-27H. The Morgan fingerprint density at radius 1 is 0.306 bits per heavy atom. The molecule has 4 nitrogen and oxygen atoms in total. The highest BCUT2D eigenvalue weighted by Crippen LogP contribution is 2.42. The van der Waals surface area contributed by atoms with Crippen LogP contribution < -0.4 is 0 Å². The second kappa shape index (κ2) is 11.0. The Morgan fingerprint density at radius 2 is 0.816 bits per heavy atom. The highest BCUT2D eigenvalue weighted by molar-refractivity contribution is 6.28. The summed E-state index contributed by atoms with van der Waals surface area (Å²) in [6, 6.07) is 56.9. The Kier molecular flexibility index (Phi) is 6.15. The predicted molar refractivity (Wildman–Crippen MR) is 201 cm³/mol. The number of para-hydroxylation sites is 1. The molecular formula is C45H27N3O. The zero-order valence-corrected chi connectivity index (χ0v) is 26.3. The molecule has 0 fully saturated rings. The van der Waals surface area contributed by atoms with Gasteiger partial charge in [0.05, 0.1) is 5.56 Å². The minimum atomic E-state index is 0.574. The van der Waals surface area contributed by atoms with Gasteiger partial charge in [-0.05, 0) is 67.7 Å². The fourth-order valence-corrected chi connectivity index (χ4v) is 7.16. The van der Waals surface area contributed by atoms with Crippen molar-refractivity contribution in [1.82, 2.24) is 15.0 Å². The van der Waals surface area contributed by atoms with Gasteiger partial charge in [-0.15, -0.1) is 0 Å². The second-order valence-electron chi connectivity index (χ2n) is 12.4. The molecule has 0 bridgehead atoms. The maximum atomic E-state index is 6.79. The molecule has 0 unspecified atom stereocenters. The smallest absolute Gasteiger partial charge is 0.167 e. The molecule has 0 N–H and O–H groups in total. The number of furan rings is 1. The van der Waals surface area contributed by atoms with Crippen LogP contribution in [0.25, 0.3) is 99.5 Å². The SMILES string of the molecule is c1ccc(-c2ccc3c4ccccc4c4cc5oc6c(-c7nc(-c8ccccc8)nc(-c8ccccc8)n7)cccc6c5cc4c3c2)cc1. The van der Waals surface area contributed by atoms with Crippen molar-refractivity contribution in [3.05, 3.63) is 164 Å². The zero-order valence-electron chi connectivity index (χ0n) is 26.3. The lowest BCUT2D eigenvalue weighted by Gasteiger charge is -2.12. The number of rotatable bonds is 4. The summed E-state index contributed by atoms with van der Waals surface area (Å²) in [6.45, 7) is 0. The van der Waals surface area contributed by atoms with Crippen LogP contribution in [-0.2, 0) is 0 Å². The monoisotopic (exact) mass is 625 g/mol. The maximum absolute atomic E-state index is 6.79. The fourth-order valence-electron chi connectivity index (χ4n) is 7.16. The summed E-state index contributed by atoms with van der Waals surface area (Å²) in [6.07, 6.45) is 0. The molecule has 8 aromatic carbocycles. The minimum absolute atomic E-state index is 0.574. The molecule has 4 heteroatoms. The van der Waals surface area contributed by atoms with Gasteiger partial charge in [0.15, 0.2) is 17.5 Å². The number of hydrogen-bond donors (Lipinski definition) is 0. The van der Waals surface area contributed by atoms with Crippen LogP contribution in [0.2, 0.25) is 0 Å². The lowest BCUT2D eigenvalue weighted by Crippen LogP contribution is -2.00. The summed E-state index contributed by atoms with van der Waals surface area (Å²) in [5.74, 6) is 1.82. The van der Waals surface area contributed by atoms with Crippen molar-refractivity contribution in [1.29, 1.82) is 0 Å². The molecule has 0 saturated heterocycles. The van der Waals surface area contributed by atoms with Gasteiger partial charge in [-0.1, -0.05) is 140 Å². The molecule has 0 aliphatic carbocycles. The summed E-state index contributed by atoms with van der Waals surface area (Å²) in [7, 11) is 0. The van der Waals surface area contributed by atoms with E-state index in [1.54, 1.807) is 0 Å². The molecule has 2 aromatic heterocycles. The van der Waals surface area contributed by atoms with Crippen LogP contribution in [-0.4, -0.2) is 15.0 Å².